The first-order valence-electron chi connectivity index (χ1n) is 13.5. The van der Waals surface area contributed by atoms with Gasteiger partial charge in [0.05, 0.1) is 6.04 Å². The number of ether oxygens (including phenoxy) is 1. The van der Waals surface area contributed by atoms with E-state index in [1.165, 1.54) is 0 Å². The Morgan fingerprint density at radius 2 is 1.90 bits per heavy atom. The van der Waals surface area contributed by atoms with Gasteiger partial charge in [-0.05, 0) is 42.5 Å². The minimum Gasteiger partial charge on any atom is -0.440 e. The van der Waals surface area contributed by atoms with Gasteiger partial charge in [0.15, 0.2) is 0 Å². The molecule has 1 saturated heterocycles. The van der Waals surface area contributed by atoms with Gasteiger partial charge in [-0.15, -0.1) is 0 Å². The summed E-state index contributed by atoms with van der Waals surface area (Å²) in [5.41, 5.74) is 1.03. The quantitative estimate of drug-likeness (QED) is 0.306. The third-order valence-electron chi connectivity index (χ3n) is 7.20. The first-order chi connectivity index (χ1) is 18.6. The zero-order valence-corrected chi connectivity index (χ0v) is 23.5. The Kier molecular flexibility index (Phi) is 10.9. The van der Waals surface area contributed by atoms with Crippen LogP contribution < -0.4 is 16.0 Å². The average Bonchev–Trinajstić information content (AvgIpc) is 3.33. The van der Waals surface area contributed by atoms with E-state index in [2.05, 4.69) is 16.0 Å². The summed E-state index contributed by atoms with van der Waals surface area (Å²) in [6.07, 6.45) is 1.92. The van der Waals surface area contributed by atoms with Crippen LogP contribution in [-0.4, -0.2) is 42.8 Å². The van der Waals surface area contributed by atoms with E-state index in [1.807, 2.05) is 69.3 Å². The lowest BCUT2D eigenvalue weighted by molar-refractivity contribution is -0.127. The van der Waals surface area contributed by atoms with E-state index in [-0.39, 0.29) is 18.2 Å². The molecule has 3 N–H and O–H groups in total. The van der Waals surface area contributed by atoms with Crippen LogP contribution in [-0.2, 0) is 24.5 Å². The van der Waals surface area contributed by atoms with Crippen molar-refractivity contribution in [2.24, 2.45) is 5.92 Å². The fraction of sp³-hybridized carbons (Fsp3) is 0.467. The Morgan fingerprint density at radius 1 is 1.15 bits per heavy atom. The summed E-state index contributed by atoms with van der Waals surface area (Å²) < 4.78 is 6.01. The molecule has 0 saturated carbocycles. The number of unbranched alkanes of at least 4 members (excludes halogenated alkanes) is 1. The van der Waals surface area contributed by atoms with Gasteiger partial charge in [-0.3, -0.25) is 9.59 Å². The van der Waals surface area contributed by atoms with Crippen LogP contribution in [0.15, 0.2) is 54.6 Å². The first-order valence-corrected chi connectivity index (χ1v) is 13.8. The number of hydrogen-bond acceptors (Lipinski definition) is 5. The van der Waals surface area contributed by atoms with Crippen molar-refractivity contribution >= 4 is 35.8 Å². The van der Waals surface area contributed by atoms with Gasteiger partial charge in [0.25, 0.3) is 0 Å². The smallest absolute Gasteiger partial charge is 0.408 e. The molecule has 3 amide bonds. The van der Waals surface area contributed by atoms with Gasteiger partial charge >= 0.3 is 6.09 Å². The molecule has 1 fully saturated rings. The largest absolute Gasteiger partial charge is 0.440 e. The van der Waals surface area contributed by atoms with Crippen molar-refractivity contribution in [3.8, 4) is 0 Å². The summed E-state index contributed by atoms with van der Waals surface area (Å²) in [5, 5.41) is 8.74. The van der Waals surface area contributed by atoms with E-state index >= 15 is 0 Å². The van der Waals surface area contributed by atoms with Crippen LogP contribution in [0.4, 0.5) is 4.79 Å². The van der Waals surface area contributed by atoms with Gasteiger partial charge in [-0.1, -0.05) is 87.7 Å². The van der Waals surface area contributed by atoms with Gasteiger partial charge in [0.2, 0.25) is 11.8 Å². The van der Waals surface area contributed by atoms with Crippen molar-refractivity contribution < 1.29 is 23.9 Å². The predicted octanol–water partition coefficient (Wildman–Crippen LogP) is 4.85. The highest BCUT2D eigenvalue weighted by molar-refractivity contribution is 6.30. The second-order valence-electron chi connectivity index (χ2n) is 10.5. The molecule has 8 nitrogen and oxygen atoms in total. The molecule has 1 heterocycles. The second kappa shape index (κ2) is 14.1. The summed E-state index contributed by atoms with van der Waals surface area (Å²) in [7, 11) is 0. The van der Waals surface area contributed by atoms with Crippen LogP contribution >= 0.6 is 11.6 Å². The number of nitrogens with one attached hydrogen (secondary N) is 3. The summed E-state index contributed by atoms with van der Waals surface area (Å²) in [6.45, 7) is 6.49. The number of halogens is 1. The van der Waals surface area contributed by atoms with Gasteiger partial charge in [0.1, 0.15) is 18.4 Å². The van der Waals surface area contributed by atoms with E-state index in [1.54, 1.807) is 6.07 Å². The standard InChI is InChI=1S/C30H38ClN3O5/c1-4-5-14-25(28(37)33-24(19-35)17-21-15-16-32-27(21)36)34-29(38)39-26(20-10-7-6-8-11-20)30(2,3)22-12-9-13-23(31)18-22/h6-13,18-19,21,24-26H,4-5,14-17H2,1-3H3,(H,32,36)(H,33,37)(H,34,38)/t21-,24-,25-,26-/m0/s1. The number of aldehydes is 1. The molecule has 0 unspecified atom stereocenters. The number of amides is 3. The predicted molar refractivity (Wildman–Crippen MR) is 150 cm³/mol. The molecule has 4 atom stereocenters. The zero-order valence-electron chi connectivity index (χ0n) is 22.7. The second-order valence-corrected chi connectivity index (χ2v) is 11.0. The van der Waals surface area contributed by atoms with Crippen LogP contribution in [0.3, 0.4) is 0 Å². The zero-order chi connectivity index (χ0) is 28.4. The average molecular weight is 556 g/mol. The van der Waals surface area contributed by atoms with Crippen molar-refractivity contribution in [3.63, 3.8) is 0 Å². The van der Waals surface area contributed by atoms with Gasteiger partial charge < -0.3 is 25.5 Å². The Bertz CT molecular complexity index is 1140. The monoisotopic (exact) mass is 555 g/mol. The summed E-state index contributed by atoms with van der Waals surface area (Å²) in [4.78, 5) is 50.1. The van der Waals surface area contributed by atoms with E-state index in [0.29, 0.717) is 37.1 Å². The van der Waals surface area contributed by atoms with Crippen LogP contribution in [0.1, 0.15) is 70.1 Å². The maximum atomic E-state index is 13.3. The highest BCUT2D eigenvalue weighted by Gasteiger charge is 2.37. The molecular weight excluding hydrogens is 518 g/mol. The van der Waals surface area contributed by atoms with Crippen LogP contribution in [0, 0.1) is 5.92 Å². The van der Waals surface area contributed by atoms with E-state index in [4.69, 9.17) is 16.3 Å². The van der Waals surface area contributed by atoms with E-state index in [9.17, 15) is 19.2 Å². The minimum atomic E-state index is -0.900. The molecule has 2 aromatic carbocycles. The number of rotatable bonds is 13. The van der Waals surface area contributed by atoms with Crippen molar-refractivity contribution in [2.45, 2.75) is 76.5 Å². The van der Waals surface area contributed by atoms with Gasteiger partial charge in [-0.25, -0.2) is 4.79 Å². The van der Waals surface area contributed by atoms with Crippen molar-refractivity contribution in [2.75, 3.05) is 6.54 Å². The van der Waals surface area contributed by atoms with Gasteiger partial charge in [-0.2, -0.15) is 0 Å². The Balaban J connectivity index is 1.76. The lowest BCUT2D eigenvalue weighted by Crippen LogP contribution is -2.51. The topological polar surface area (TPSA) is 114 Å². The van der Waals surface area contributed by atoms with Crippen molar-refractivity contribution in [1.82, 2.24) is 16.0 Å². The maximum Gasteiger partial charge on any atom is 0.408 e. The number of benzene rings is 2. The molecule has 1 aliphatic heterocycles. The molecule has 3 rings (SSSR count). The molecule has 210 valence electrons. The van der Waals surface area contributed by atoms with E-state index in [0.717, 1.165) is 17.5 Å². The Labute approximate surface area is 235 Å². The van der Waals surface area contributed by atoms with Gasteiger partial charge in [0, 0.05) is 22.9 Å². The number of hydrogen-bond donors (Lipinski definition) is 3. The molecule has 9 heteroatoms. The van der Waals surface area contributed by atoms with Crippen LogP contribution in [0.2, 0.25) is 5.02 Å². The first kappa shape index (κ1) is 30.2. The van der Waals surface area contributed by atoms with Crippen molar-refractivity contribution in [3.05, 3.63) is 70.7 Å². The highest BCUT2D eigenvalue weighted by Crippen LogP contribution is 2.40. The molecule has 0 aromatic heterocycles. The molecular formula is C30H38ClN3O5. The summed E-state index contributed by atoms with van der Waals surface area (Å²) in [6, 6.07) is 15.1. The van der Waals surface area contributed by atoms with Crippen LogP contribution in [0.25, 0.3) is 0 Å². The molecule has 0 radical (unpaired) electrons. The van der Waals surface area contributed by atoms with Crippen LogP contribution in [0.5, 0.6) is 0 Å². The maximum absolute atomic E-state index is 13.3. The fourth-order valence-corrected chi connectivity index (χ4v) is 5.06. The molecule has 1 aliphatic rings. The Morgan fingerprint density at radius 3 is 2.51 bits per heavy atom. The number of carbonyl (C=O) groups is 4. The van der Waals surface area contributed by atoms with E-state index < -0.39 is 35.6 Å². The molecule has 0 aliphatic carbocycles. The molecule has 39 heavy (non-hydrogen) atoms. The lowest BCUT2D eigenvalue weighted by atomic mass is 9.76. The molecule has 0 spiro atoms. The number of alkyl carbamates (subject to hydrolysis) is 1. The summed E-state index contributed by atoms with van der Waals surface area (Å²) in [5.74, 6) is -0.927. The third kappa shape index (κ3) is 8.30. The Hall–Kier alpha value is -3.39. The van der Waals surface area contributed by atoms with Crippen molar-refractivity contribution in [1.29, 1.82) is 0 Å². The molecule has 2 aromatic rings. The summed E-state index contributed by atoms with van der Waals surface area (Å²) >= 11 is 6.26. The number of carbonyl (C=O) groups excluding carboxylic acids is 4. The minimum absolute atomic E-state index is 0.116. The highest BCUT2D eigenvalue weighted by atomic mass is 35.5. The third-order valence-corrected chi connectivity index (χ3v) is 7.43. The lowest BCUT2D eigenvalue weighted by Gasteiger charge is -2.35. The molecule has 0 bridgehead atoms. The fourth-order valence-electron chi connectivity index (χ4n) is 4.87. The normalized spacial score (nSPS) is 17.4. The SMILES string of the molecule is CCCC[C@H](NC(=O)O[C@@H](c1ccccc1)C(C)(C)c1cccc(Cl)c1)C(=O)N[C@H](C=O)C[C@@H]1CCNC1=O.